The second-order valence-corrected chi connectivity index (χ2v) is 4.22. The van der Waals surface area contributed by atoms with Crippen molar-refractivity contribution in [3.8, 4) is 6.07 Å². The van der Waals surface area contributed by atoms with E-state index in [1.807, 2.05) is 26.8 Å². The van der Waals surface area contributed by atoms with Crippen LogP contribution < -0.4 is 10.6 Å². The van der Waals surface area contributed by atoms with Crippen LogP contribution in [0.3, 0.4) is 0 Å². The summed E-state index contributed by atoms with van der Waals surface area (Å²) in [6.07, 6.45) is 0. The molecule has 1 aromatic rings. The first-order valence-electron chi connectivity index (χ1n) is 5.57. The van der Waals surface area contributed by atoms with Gasteiger partial charge in [0.1, 0.15) is 0 Å². The fraction of sp³-hybridized carbons (Fsp3) is 0.385. The van der Waals surface area contributed by atoms with Gasteiger partial charge in [0.2, 0.25) is 5.91 Å². The molecule has 0 aliphatic heterocycles. The van der Waals surface area contributed by atoms with E-state index in [2.05, 4.69) is 16.7 Å². The molecule has 0 bridgehead atoms. The number of hydrogen-bond donors (Lipinski definition) is 2. The molecule has 0 unspecified atom stereocenters. The van der Waals surface area contributed by atoms with Gasteiger partial charge in [-0.05, 0) is 38.5 Å². The van der Waals surface area contributed by atoms with Crippen LogP contribution in [0.4, 0.5) is 5.69 Å². The smallest absolute Gasteiger partial charge is 0.239 e. The Morgan fingerprint density at radius 1 is 1.47 bits per heavy atom. The first kappa shape index (κ1) is 13.0. The van der Waals surface area contributed by atoms with E-state index in [1.54, 1.807) is 12.1 Å². The summed E-state index contributed by atoms with van der Waals surface area (Å²) in [7, 11) is 0. The molecular weight excluding hydrogens is 214 g/mol. The molecule has 0 fully saturated rings. The number of aryl methyl sites for hydroxylation is 1. The molecule has 0 aromatic heterocycles. The van der Waals surface area contributed by atoms with Crippen LogP contribution in [0.5, 0.6) is 0 Å². The van der Waals surface area contributed by atoms with Crippen molar-refractivity contribution in [3.05, 3.63) is 29.3 Å². The maximum absolute atomic E-state index is 11.5. The number of carbonyl (C=O) groups is 1. The normalized spacial score (nSPS) is 9.82. The molecule has 4 nitrogen and oxygen atoms in total. The van der Waals surface area contributed by atoms with E-state index in [9.17, 15) is 4.79 Å². The standard InChI is InChI=1S/C13H17N3O/c1-9(2)16-13(17)8-15-12-6-11(7-14)5-4-10(12)3/h4-6,9,15H,8H2,1-3H3,(H,16,17). The Labute approximate surface area is 102 Å². The quantitative estimate of drug-likeness (QED) is 0.830. The van der Waals surface area contributed by atoms with Crippen LogP contribution in [0.15, 0.2) is 18.2 Å². The third-order valence-electron chi connectivity index (χ3n) is 2.26. The highest BCUT2D eigenvalue weighted by Gasteiger charge is 2.04. The summed E-state index contributed by atoms with van der Waals surface area (Å²) in [5.41, 5.74) is 2.42. The maximum atomic E-state index is 11.5. The van der Waals surface area contributed by atoms with Crippen LogP contribution >= 0.6 is 0 Å². The first-order chi connectivity index (χ1) is 8.02. The first-order valence-corrected chi connectivity index (χ1v) is 5.57. The molecule has 17 heavy (non-hydrogen) atoms. The summed E-state index contributed by atoms with van der Waals surface area (Å²) >= 11 is 0. The third-order valence-corrected chi connectivity index (χ3v) is 2.26. The fourth-order valence-corrected chi connectivity index (χ4v) is 1.43. The SMILES string of the molecule is Cc1ccc(C#N)cc1NCC(=O)NC(C)C. The van der Waals surface area contributed by atoms with Gasteiger partial charge in [0.15, 0.2) is 0 Å². The van der Waals surface area contributed by atoms with Crippen molar-refractivity contribution in [1.29, 1.82) is 5.26 Å². The predicted molar refractivity (Wildman–Crippen MR) is 67.7 cm³/mol. The molecule has 0 atom stereocenters. The van der Waals surface area contributed by atoms with Crippen LogP contribution in [0.25, 0.3) is 0 Å². The fourth-order valence-electron chi connectivity index (χ4n) is 1.43. The average Bonchev–Trinajstić information content (AvgIpc) is 2.27. The van der Waals surface area contributed by atoms with Crippen LogP contribution in [0, 0.1) is 18.3 Å². The van der Waals surface area contributed by atoms with Crippen molar-refractivity contribution in [2.24, 2.45) is 0 Å². The monoisotopic (exact) mass is 231 g/mol. The molecular formula is C13H17N3O. The topological polar surface area (TPSA) is 64.9 Å². The molecule has 4 heteroatoms. The van der Waals surface area contributed by atoms with E-state index in [0.29, 0.717) is 5.56 Å². The summed E-state index contributed by atoms with van der Waals surface area (Å²) in [4.78, 5) is 11.5. The third kappa shape index (κ3) is 4.15. The molecule has 0 aliphatic rings. The Kier molecular flexibility index (Phi) is 4.53. The second kappa shape index (κ2) is 5.90. The molecule has 0 spiro atoms. The van der Waals surface area contributed by atoms with Crippen molar-refractivity contribution in [3.63, 3.8) is 0 Å². The molecule has 2 N–H and O–H groups in total. The zero-order valence-corrected chi connectivity index (χ0v) is 10.4. The Morgan fingerprint density at radius 3 is 2.76 bits per heavy atom. The minimum atomic E-state index is -0.0539. The number of rotatable bonds is 4. The molecule has 0 heterocycles. The van der Waals surface area contributed by atoms with Gasteiger partial charge in [0.05, 0.1) is 18.2 Å². The van der Waals surface area contributed by atoms with Gasteiger partial charge < -0.3 is 10.6 Å². The Morgan fingerprint density at radius 2 is 2.18 bits per heavy atom. The second-order valence-electron chi connectivity index (χ2n) is 4.22. The van der Waals surface area contributed by atoms with Gasteiger partial charge in [-0.25, -0.2) is 0 Å². The van der Waals surface area contributed by atoms with Gasteiger partial charge in [-0.3, -0.25) is 4.79 Å². The lowest BCUT2D eigenvalue weighted by atomic mass is 10.1. The number of nitriles is 1. The van der Waals surface area contributed by atoms with Crippen LogP contribution in [0.2, 0.25) is 0 Å². The van der Waals surface area contributed by atoms with Gasteiger partial charge in [-0.1, -0.05) is 6.07 Å². The number of nitrogens with one attached hydrogen (secondary N) is 2. The molecule has 0 radical (unpaired) electrons. The Hall–Kier alpha value is -2.02. The van der Waals surface area contributed by atoms with Gasteiger partial charge >= 0.3 is 0 Å². The van der Waals surface area contributed by atoms with Crippen LogP contribution in [0.1, 0.15) is 25.0 Å². The Balaban J connectivity index is 2.63. The van der Waals surface area contributed by atoms with Crippen molar-refractivity contribution in [2.45, 2.75) is 26.8 Å². The van der Waals surface area contributed by atoms with E-state index in [0.717, 1.165) is 11.3 Å². The molecule has 1 amide bonds. The number of benzene rings is 1. The van der Waals surface area contributed by atoms with Gasteiger partial charge in [0, 0.05) is 11.7 Å². The lowest BCUT2D eigenvalue weighted by Crippen LogP contribution is -2.34. The summed E-state index contributed by atoms with van der Waals surface area (Å²) in [5.74, 6) is -0.0539. The lowest BCUT2D eigenvalue weighted by molar-refractivity contribution is -0.119. The highest BCUT2D eigenvalue weighted by atomic mass is 16.1. The summed E-state index contributed by atoms with van der Waals surface area (Å²) in [6.45, 7) is 5.98. The summed E-state index contributed by atoms with van der Waals surface area (Å²) in [6, 6.07) is 7.58. The van der Waals surface area contributed by atoms with Crippen molar-refractivity contribution >= 4 is 11.6 Å². The van der Waals surface area contributed by atoms with Gasteiger partial charge in [-0.2, -0.15) is 5.26 Å². The molecule has 0 saturated heterocycles. The van der Waals surface area contributed by atoms with Crippen molar-refractivity contribution in [1.82, 2.24) is 5.32 Å². The number of anilines is 1. The zero-order valence-electron chi connectivity index (χ0n) is 10.4. The molecule has 0 saturated carbocycles. The van der Waals surface area contributed by atoms with E-state index >= 15 is 0 Å². The van der Waals surface area contributed by atoms with E-state index < -0.39 is 0 Å². The number of carbonyl (C=O) groups excluding carboxylic acids is 1. The summed E-state index contributed by atoms with van der Waals surface area (Å²) in [5, 5.41) is 14.6. The van der Waals surface area contributed by atoms with Gasteiger partial charge in [-0.15, -0.1) is 0 Å². The minimum absolute atomic E-state index is 0.0539. The minimum Gasteiger partial charge on any atom is -0.376 e. The lowest BCUT2D eigenvalue weighted by Gasteiger charge is -2.11. The number of hydrogen-bond acceptors (Lipinski definition) is 3. The van der Waals surface area contributed by atoms with E-state index in [1.165, 1.54) is 0 Å². The predicted octanol–water partition coefficient (Wildman–Crippen LogP) is 1.80. The maximum Gasteiger partial charge on any atom is 0.239 e. The van der Waals surface area contributed by atoms with E-state index in [4.69, 9.17) is 5.26 Å². The average molecular weight is 231 g/mol. The highest BCUT2D eigenvalue weighted by Crippen LogP contribution is 2.15. The number of amides is 1. The Bertz CT molecular complexity index is 446. The molecule has 1 rings (SSSR count). The van der Waals surface area contributed by atoms with Crippen molar-refractivity contribution in [2.75, 3.05) is 11.9 Å². The van der Waals surface area contributed by atoms with Crippen molar-refractivity contribution < 1.29 is 4.79 Å². The van der Waals surface area contributed by atoms with E-state index in [-0.39, 0.29) is 18.5 Å². The molecule has 1 aromatic carbocycles. The van der Waals surface area contributed by atoms with Crippen LogP contribution in [-0.2, 0) is 4.79 Å². The highest BCUT2D eigenvalue weighted by molar-refractivity contribution is 5.81. The van der Waals surface area contributed by atoms with Gasteiger partial charge in [0.25, 0.3) is 0 Å². The largest absolute Gasteiger partial charge is 0.376 e. The zero-order chi connectivity index (χ0) is 12.8. The number of nitrogens with zero attached hydrogens (tertiary/aromatic N) is 1. The molecule has 90 valence electrons. The van der Waals surface area contributed by atoms with Crippen LogP contribution in [-0.4, -0.2) is 18.5 Å². The molecule has 0 aliphatic carbocycles. The summed E-state index contributed by atoms with van der Waals surface area (Å²) < 4.78 is 0.